The number of hydrogen-bond acceptors (Lipinski definition) is 3. The summed E-state index contributed by atoms with van der Waals surface area (Å²) in [5.41, 5.74) is 1.01. The molecule has 1 N–H and O–H groups in total. The molecule has 1 aromatic rings. The Balaban J connectivity index is 2.34. The predicted molar refractivity (Wildman–Crippen MR) is 68.9 cm³/mol. The Hall–Kier alpha value is -0.260. The monoisotopic (exact) mass is 302 g/mol. The van der Waals surface area contributed by atoms with Gasteiger partial charge in [0.15, 0.2) is 0 Å². The molecule has 0 aromatic carbocycles. The van der Waals surface area contributed by atoms with Gasteiger partial charge in [-0.25, -0.2) is 4.98 Å². The molecule has 1 fully saturated rings. The van der Waals surface area contributed by atoms with Gasteiger partial charge in [0.1, 0.15) is 16.6 Å². The number of rotatable bonds is 4. The van der Waals surface area contributed by atoms with Gasteiger partial charge in [-0.3, -0.25) is 0 Å². The molecule has 0 radical (unpaired) electrons. The van der Waals surface area contributed by atoms with Gasteiger partial charge in [0.05, 0.1) is 4.47 Å². The molecule has 1 aliphatic carbocycles. The molecule has 1 saturated carbocycles. The standard InChI is InChI=1S/C11H15BrN2OS/c1-3-15-9(7-4-5-7)10-13-6(2)8(12)11(16)14-10/h7,9H,3-5H2,1-2H3,(H,13,14,16). The van der Waals surface area contributed by atoms with Crippen LogP contribution >= 0.6 is 28.1 Å². The first-order valence-corrected chi connectivity index (χ1v) is 6.71. The molecule has 0 aliphatic heterocycles. The van der Waals surface area contributed by atoms with Crippen LogP contribution in [0.2, 0.25) is 0 Å². The van der Waals surface area contributed by atoms with Gasteiger partial charge in [-0.15, -0.1) is 0 Å². The lowest BCUT2D eigenvalue weighted by Gasteiger charge is -2.16. The van der Waals surface area contributed by atoms with Gasteiger partial charge in [-0.05, 0) is 48.5 Å². The number of H-pyrrole nitrogens is 1. The SMILES string of the molecule is CCOC(c1nc(=S)c(Br)c(C)[nH]1)C1CC1. The first kappa shape index (κ1) is 12.2. The fraction of sp³-hybridized carbons (Fsp3) is 0.636. The fourth-order valence-electron chi connectivity index (χ4n) is 1.75. The van der Waals surface area contributed by atoms with Crippen molar-refractivity contribution in [3.8, 4) is 0 Å². The molecule has 0 bridgehead atoms. The quantitative estimate of drug-likeness (QED) is 0.862. The van der Waals surface area contributed by atoms with E-state index in [0.29, 0.717) is 17.2 Å². The summed E-state index contributed by atoms with van der Waals surface area (Å²) >= 11 is 8.62. The van der Waals surface area contributed by atoms with Crippen molar-refractivity contribution in [2.45, 2.75) is 32.8 Å². The minimum atomic E-state index is 0.0819. The molecule has 1 heterocycles. The maximum absolute atomic E-state index is 5.75. The summed E-state index contributed by atoms with van der Waals surface area (Å²) in [5.74, 6) is 1.48. The average Bonchev–Trinajstić information content (AvgIpc) is 3.05. The summed E-state index contributed by atoms with van der Waals surface area (Å²) in [6, 6.07) is 0. The van der Waals surface area contributed by atoms with E-state index >= 15 is 0 Å². The lowest BCUT2D eigenvalue weighted by molar-refractivity contribution is 0.0398. The number of halogens is 1. The summed E-state index contributed by atoms with van der Waals surface area (Å²) in [6.45, 7) is 4.70. The van der Waals surface area contributed by atoms with Crippen molar-refractivity contribution in [3.63, 3.8) is 0 Å². The Morgan fingerprint density at radius 3 is 2.81 bits per heavy atom. The number of aromatic nitrogens is 2. The van der Waals surface area contributed by atoms with Crippen molar-refractivity contribution in [1.29, 1.82) is 0 Å². The Morgan fingerprint density at radius 2 is 2.31 bits per heavy atom. The molecule has 3 nitrogen and oxygen atoms in total. The Bertz CT molecular complexity index is 442. The molecule has 88 valence electrons. The number of aryl methyl sites for hydroxylation is 1. The Morgan fingerprint density at radius 1 is 1.62 bits per heavy atom. The van der Waals surface area contributed by atoms with Gasteiger partial charge in [-0.2, -0.15) is 0 Å². The molecule has 1 aromatic heterocycles. The zero-order valence-corrected chi connectivity index (χ0v) is 11.8. The van der Waals surface area contributed by atoms with E-state index in [-0.39, 0.29) is 6.10 Å². The van der Waals surface area contributed by atoms with Crippen LogP contribution in [0.15, 0.2) is 4.47 Å². The average molecular weight is 303 g/mol. The van der Waals surface area contributed by atoms with E-state index in [1.165, 1.54) is 12.8 Å². The highest BCUT2D eigenvalue weighted by atomic mass is 79.9. The van der Waals surface area contributed by atoms with Gasteiger partial charge >= 0.3 is 0 Å². The number of ether oxygens (including phenoxy) is 1. The molecule has 16 heavy (non-hydrogen) atoms. The van der Waals surface area contributed by atoms with Crippen LogP contribution in [0, 0.1) is 17.5 Å². The van der Waals surface area contributed by atoms with Gasteiger partial charge in [0, 0.05) is 12.3 Å². The van der Waals surface area contributed by atoms with Crippen LogP contribution in [0.1, 0.15) is 37.4 Å². The van der Waals surface area contributed by atoms with Crippen LogP contribution in [0.25, 0.3) is 0 Å². The number of nitrogens with zero attached hydrogens (tertiary/aromatic N) is 1. The molecule has 1 aliphatic rings. The molecule has 0 amide bonds. The van der Waals surface area contributed by atoms with Crippen LogP contribution < -0.4 is 0 Å². The summed E-state index contributed by atoms with van der Waals surface area (Å²) in [6.07, 6.45) is 2.53. The van der Waals surface area contributed by atoms with Crippen molar-refractivity contribution >= 4 is 28.1 Å². The highest BCUT2D eigenvalue weighted by molar-refractivity contribution is 9.10. The molecule has 2 rings (SSSR count). The summed E-state index contributed by atoms with van der Waals surface area (Å²) in [4.78, 5) is 7.67. The molecule has 5 heteroatoms. The van der Waals surface area contributed by atoms with Gasteiger partial charge in [-0.1, -0.05) is 12.2 Å². The smallest absolute Gasteiger partial charge is 0.144 e. The fourth-order valence-corrected chi connectivity index (χ4v) is 2.18. The highest BCUT2D eigenvalue weighted by Crippen LogP contribution is 2.42. The second-order valence-corrected chi connectivity index (χ2v) is 5.26. The van der Waals surface area contributed by atoms with Crippen molar-refractivity contribution < 1.29 is 4.74 Å². The lowest BCUT2D eigenvalue weighted by atomic mass is 10.2. The molecular formula is C11H15BrN2OS. The minimum absolute atomic E-state index is 0.0819. The van der Waals surface area contributed by atoms with Crippen molar-refractivity contribution in [3.05, 3.63) is 20.6 Å². The lowest BCUT2D eigenvalue weighted by Crippen LogP contribution is -2.12. The zero-order chi connectivity index (χ0) is 11.7. The third kappa shape index (κ3) is 2.52. The molecule has 1 atom stereocenters. The highest BCUT2D eigenvalue weighted by Gasteiger charge is 2.34. The van der Waals surface area contributed by atoms with E-state index in [0.717, 1.165) is 16.0 Å². The van der Waals surface area contributed by atoms with E-state index in [1.807, 2.05) is 13.8 Å². The zero-order valence-electron chi connectivity index (χ0n) is 9.42. The van der Waals surface area contributed by atoms with Gasteiger partial charge in [0.2, 0.25) is 0 Å². The second kappa shape index (κ2) is 4.94. The summed E-state index contributed by atoms with van der Waals surface area (Å²) in [7, 11) is 0. The topological polar surface area (TPSA) is 37.9 Å². The van der Waals surface area contributed by atoms with Crippen molar-refractivity contribution in [2.75, 3.05) is 6.61 Å². The first-order valence-electron chi connectivity index (χ1n) is 5.51. The van der Waals surface area contributed by atoms with E-state index in [2.05, 4.69) is 25.9 Å². The number of aromatic amines is 1. The number of hydrogen-bond donors (Lipinski definition) is 1. The minimum Gasteiger partial charge on any atom is -0.370 e. The van der Waals surface area contributed by atoms with E-state index < -0.39 is 0 Å². The van der Waals surface area contributed by atoms with E-state index in [4.69, 9.17) is 17.0 Å². The maximum Gasteiger partial charge on any atom is 0.144 e. The van der Waals surface area contributed by atoms with Gasteiger partial charge in [0.25, 0.3) is 0 Å². The molecule has 0 spiro atoms. The third-order valence-corrected chi connectivity index (χ3v) is 4.25. The third-order valence-electron chi connectivity index (χ3n) is 2.72. The van der Waals surface area contributed by atoms with Crippen molar-refractivity contribution in [2.24, 2.45) is 5.92 Å². The largest absolute Gasteiger partial charge is 0.370 e. The van der Waals surface area contributed by atoms with Crippen LogP contribution in [0.3, 0.4) is 0 Å². The normalized spacial score (nSPS) is 17.4. The van der Waals surface area contributed by atoms with Crippen molar-refractivity contribution in [1.82, 2.24) is 9.97 Å². The summed E-state index contributed by atoms with van der Waals surface area (Å²) < 4.78 is 7.23. The Labute approximate surface area is 109 Å². The number of nitrogens with one attached hydrogen (secondary N) is 1. The van der Waals surface area contributed by atoms with E-state index in [1.54, 1.807) is 0 Å². The van der Waals surface area contributed by atoms with Crippen LogP contribution in [-0.2, 0) is 4.74 Å². The van der Waals surface area contributed by atoms with Gasteiger partial charge < -0.3 is 9.72 Å². The van der Waals surface area contributed by atoms with E-state index in [9.17, 15) is 0 Å². The maximum atomic E-state index is 5.75. The molecule has 0 saturated heterocycles. The van der Waals surface area contributed by atoms with Crippen LogP contribution in [-0.4, -0.2) is 16.6 Å². The summed E-state index contributed by atoms with van der Waals surface area (Å²) in [5, 5.41) is 0. The molecular weight excluding hydrogens is 288 g/mol. The first-order chi connectivity index (χ1) is 7.63. The van der Waals surface area contributed by atoms with Crippen LogP contribution in [0.5, 0.6) is 0 Å². The second-order valence-electron chi connectivity index (χ2n) is 4.08. The van der Waals surface area contributed by atoms with Crippen LogP contribution in [0.4, 0.5) is 0 Å². The predicted octanol–water partition coefficient (Wildman–Crippen LogP) is 3.70. The molecule has 1 unspecified atom stereocenters. The Kier molecular flexibility index (Phi) is 3.77.